The van der Waals surface area contributed by atoms with E-state index in [1.165, 1.54) is 13.2 Å². The van der Waals surface area contributed by atoms with Crippen molar-refractivity contribution in [2.75, 3.05) is 19.1 Å². The average Bonchev–Trinajstić information content (AvgIpc) is 2.67. The predicted molar refractivity (Wildman–Crippen MR) is 105 cm³/mol. The number of allylic oxidation sites excluding steroid dienone is 1. The third kappa shape index (κ3) is 3.43. The number of esters is 1. The van der Waals surface area contributed by atoms with Crippen LogP contribution in [0.5, 0.6) is 5.75 Å². The van der Waals surface area contributed by atoms with Crippen molar-refractivity contribution in [1.82, 2.24) is 5.32 Å². The Hall–Kier alpha value is -3.00. The number of thiocarbonyl (C=S) groups is 1. The lowest BCUT2D eigenvalue weighted by Gasteiger charge is -2.37. The van der Waals surface area contributed by atoms with E-state index in [2.05, 4.69) is 5.32 Å². The SMILES string of the molecule is COC(=O)C1=C(C)N(c2ccc(OC)cc2)C(=S)N[C@@H]1c1c(F)cccc1F. The fraction of sp³-hybridized carbons (Fsp3) is 0.200. The normalized spacial score (nSPS) is 16.7. The predicted octanol–water partition coefficient (Wildman–Crippen LogP) is 3.86. The molecule has 28 heavy (non-hydrogen) atoms. The molecule has 1 atom stereocenters. The minimum atomic E-state index is -1.12. The van der Waals surface area contributed by atoms with Crippen LogP contribution in [0.3, 0.4) is 0 Å². The fourth-order valence-corrected chi connectivity index (χ4v) is 3.52. The van der Waals surface area contributed by atoms with Crippen molar-refractivity contribution in [3.63, 3.8) is 0 Å². The molecule has 0 saturated heterocycles. The second-order valence-electron chi connectivity index (χ2n) is 6.04. The lowest BCUT2D eigenvalue weighted by atomic mass is 9.94. The number of halogens is 2. The molecule has 0 unspecified atom stereocenters. The van der Waals surface area contributed by atoms with Gasteiger partial charge in [0.1, 0.15) is 17.4 Å². The van der Waals surface area contributed by atoms with Gasteiger partial charge in [-0.2, -0.15) is 0 Å². The monoisotopic (exact) mass is 404 g/mol. The Balaban J connectivity index is 2.16. The molecule has 0 aromatic heterocycles. The van der Waals surface area contributed by atoms with Crippen LogP contribution < -0.4 is 15.0 Å². The van der Waals surface area contributed by atoms with Crippen LogP contribution in [0.4, 0.5) is 14.5 Å². The molecule has 0 saturated carbocycles. The summed E-state index contributed by atoms with van der Waals surface area (Å²) in [5.74, 6) is -1.63. The van der Waals surface area contributed by atoms with Gasteiger partial charge in [-0.3, -0.25) is 4.90 Å². The number of carbonyl (C=O) groups is 1. The van der Waals surface area contributed by atoms with Crippen LogP contribution in [-0.2, 0) is 9.53 Å². The first kappa shape index (κ1) is 19.8. The van der Waals surface area contributed by atoms with Crippen LogP contribution in [-0.4, -0.2) is 25.3 Å². The van der Waals surface area contributed by atoms with E-state index < -0.39 is 23.6 Å². The molecule has 0 radical (unpaired) electrons. The van der Waals surface area contributed by atoms with E-state index in [9.17, 15) is 13.6 Å². The highest BCUT2D eigenvalue weighted by molar-refractivity contribution is 7.80. The first-order valence-electron chi connectivity index (χ1n) is 8.36. The van der Waals surface area contributed by atoms with E-state index in [0.29, 0.717) is 17.1 Å². The first-order chi connectivity index (χ1) is 13.4. The Kier molecular flexibility index (Phi) is 5.60. The number of nitrogens with one attached hydrogen (secondary N) is 1. The van der Waals surface area contributed by atoms with Gasteiger partial charge < -0.3 is 14.8 Å². The number of carbonyl (C=O) groups excluding carboxylic acids is 1. The number of ether oxygens (including phenoxy) is 2. The zero-order valence-electron chi connectivity index (χ0n) is 15.5. The van der Waals surface area contributed by atoms with E-state index in [-0.39, 0.29) is 16.2 Å². The molecular formula is C20H18F2N2O3S. The third-order valence-electron chi connectivity index (χ3n) is 4.51. The molecule has 0 fully saturated rings. The standard InChI is InChI=1S/C20H18F2N2O3S/c1-11-16(19(25)27-3)18(17-14(21)5-4-6-15(17)22)23-20(28)24(11)12-7-9-13(26-2)10-8-12/h4-10,18H,1-3H3,(H,23,28)/t18-/m0/s1. The van der Waals surface area contributed by atoms with Crippen molar-refractivity contribution in [3.8, 4) is 5.75 Å². The van der Waals surface area contributed by atoms with Gasteiger partial charge in [0.25, 0.3) is 0 Å². The molecule has 5 nitrogen and oxygen atoms in total. The van der Waals surface area contributed by atoms with Crippen LogP contribution in [0.2, 0.25) is 0 Å². The molecule has 0 bridgehead atoms. The highest BCUT2D eigenvalue weighted by Crippen LogP contribution is 2.36. The summed E-state index contributed by atoms with van der Waals surface area (Å²) in [6.07, 6.45) is 0. The molecule has 3 rings (SSSR count). The lowest BCUT2D eigenvalue weighted by Crippen LogP contribution is -2.48. The van der Waals surface area contributed by atoms with Crippen LogP contribution in [0.15, 0.2) is 53.7 Å². The number of methoxy groups -OCH3 is 2. The van der Waals surface area contributed by atoms with Crippen molar-refractivity contribution in [2.45, 2.75) is 13.0 Å². The lowest BCUT2D eigenvalue weighted by molar-refractivity contribution is -0.136. The highest BCUT2D eigenvalue weighted by atomic mass is 32.1. The summed E-state index contributed by atoms with van der Waals surface area (Å²) in [6, 6.07) is 9.40. The van der Waals surface area contributed by atoms with Crippen molar-refractivity contribution in [1.29, 1.82) is 0 Å². The zero-order valence-corrected chi connectivity index (χ0v) is 16.3. The van der Waals surface area contributed by atoms with Gasteiger partial charge in [0.2, 0.25) is 0 Å². The summed E-state index contributed by atoms with van der Waals surface area (Å²) in [5.41, 5.74) is 0.841. The van der Waals surface area contributed by atoms with Crippen molar-refractivity contribution in [2.24, 2.45) is 0 Å². The van der Waals surface area contributed by atoms with Gasteiger partial charge in [0.15, 0.2) is 5.11 Å². The van der Waals surface area contributed by atoms with E-state index in [1.54, 1.807) is 43.2 Å². The third-order valence-corrected chi connectivity index (χ3v) is 4.81. The van der Waals surface area contributed by atoms with Gasteiger partial charge in [-0.1, -0.05) is 6.07 Å². The Morgan fingerprint density at radius 1 is 1.11 bits per heavy atom. The maximum Gasteiger partial charge on any atom is 0.337 e. The summed E-state index contributed by atoms with van der Waals surface area (Å²) in [6.45, 7) is 1.65. The van der Waals surface area contributed by atoms with Gasteiger partial charge in [-0.05, 0) is 55.5 Å². The minimum Gasteiger partial charge on any atom is -0.497 e. The zero-order chi connectivity index (χ0) is 20.4. The molecule has 146 valence electrons. The second kappa shape index (κ2) is 7.93. The number of nitrogens with zero attached hydrogens (tertiary/aromatic N) is 1. The van der Waals surface area contributed by atoms with Gasteiger partial charge in [-0.25, -0.2) is 13.6 Å². The van der Waals surface area contributed by atoms with Gasteiger partial charge >= 0.3 is 5.97 Å². The van der Waals surface area contributed by atoms with Crippen molar-refractivity contribution < 1.29 is 23.0 Å². The first-order valence-corrected chi connectivity index (χ1v) is 8.77. The molecule has 1 N–H and O–H groups in total. The Morgan fingerprint density at radius 3 is 2.25 bits per heavy atom. The van der Waals surface area contributed by atoms with Gasteiger partial charge in [0.05, 0.1) is 31.4 Å². The Bertz CT molecular complexity index is 940. The Labute approximate surface area is 166 Å². The smallest absolute Gasteiger partial charge is 0.337 e. The van der Waals surface area contributed by atoms with E-state index in [1.807, 2.05) is 0 Å². The van der Waals surface area contributed by atoms with Crippen LogP contribution in [0.25, 0.3) is 0 Å². The molecule has 1 aliphatic rings. The molecule has 0 aliphatic carbocycles. The average molecular weight is 404 g/mol. The fourth-order valence-electron chi connectivity index (χ4n) is 3.16. The number of benzene rings is 2. The number of hydrogen-bond acceptors (Lipinski definition) is 4. The van der Waals surface area contributed by atoms with Crippen molar-refractivity contribution >= 4 is 29.0 Å². The molecule has 1 heterocycles. The van der Waals surface area contributed by atoms with Gasteiger partial charge in [0, 0.05) is 11.4 Å². The number of rotatable bonds is 4. The van der Waals surface area contributed by atoms with Gasteiger partial charge in [-0.15, -0.1) is 0 Å². The molecule has 1 aliphatic heterocycles. The maximum absolute atomic E-state index is 14.4. The summed E-state index contributed by atoms with van der Waals surface area (Å²) in [7, 11) is 2.76. The minimum absolute atomic E-state index is 0.0657. The van der Waals surface area contributed by atoms with Crippen LogP contribution in [0.1, 0.15) is 18.5 Å². The van der Waals surface area contributed by atoms with E-state index >= 15 is 0 Å². The largest absolute Gasteiger partial charge is 0.497 e. The van der Waals surface area contributed by atoms with Crippen LogP contribution >= 0.6 is 12.2 Å². The molecule has 8 heteroatoms. The van der Waals surface area contributed by atoms with Crippen molar-refractivity contribution in [3.05, 3.63) is 70.9 Å². The molecule has 0 amide bonds. The quantitative estimate of drug-likeness (QED) is 0.617. The topological polar surface area (TPSA) is 50.8 Å². The molecular weight excluding hydrogens is 386 g/mol. The molecule has 0 spiro atoms. The summed E-state index contributed by atoms with van der Waals surface area (Å²) in [4.78, 5) is 14.1. The summed E-state index contributed by atoms with van der Waals surface area (Å²) >= 11 is 5.44. The highest BCUT2D eigenvalue weighted by Gasteiger charge is 2.37. The summed E-state index contributed by atoms with van der Waals surface area (Å²) in [5, 5.41) is 3.07. The van der Waals surface area contributed by atoms with Crippen LogP contribution in [0, 0.1) is 11.6 Å². The Morgan fingerprint density at radius 2 is 1.71 bits per heavy atom. The second-order valence-corrected chi connectivity index (χ2v) is 6.43. The molecule has 2 aromatic carbocycles. The summed E-state index contributed by atoms with van der Waals surface area (Å²) < 4.78 is 38.8. The maximum atomic E-state index is 14.4. The van der Waals surface area contributed by atoms with E-state index in [0.717, 1.165) is 12.1 Å². The van der Waals surface area contributed by atoms with E-state index in [4.69, 9.17) is 21.7 Å². The number of anilines is 1. The molecule has 2 aromatic rings. The number of hydrogen-bond donors (Lipinski definition) is 1.